The monoisotopic (exact) mass is 361 g/mol. The number of nitrogens with one attached hydrogen (secondary N) is 1. The van der Waals surface area contributed by atoms with Crippen LogP contribution in [0.4, 0.5) is 4.39 Å². The molecule has 100 valence electrons. The topological polar surface area (TPSA) is 12.0 Å². The summed E-state index contributed by atoms with van der Waals surface area (Å²) in [6, 6.07) is 10.2. The summed E-state index contributed by atoms with van der Waals surface area (Å²) in [4.78, 5) is 0. The predicted octanol–water partition coefficient (Wildman–Crippen LogP) is 5.18. The molecular formula is C14H11BrCl2FN. The van der Waals surface area contributed by atoms with E-state index < -0.39 is 0 Å². The summed E-state index contributed by atoms with van der Waals surface area (Å²) < 4.78 is 14.4. The third-order valence-corrected chi connectivity index (χ3v) is 3.89. The van der Waals surface area contributed by atoms with Crippen LogP contribution < -0.4 is 5.32 Å². The van der Waals surface area contributed by atoms with Crippen molar-refractivity contribution in [3.8, 4) is 0 Å². The Balaban J connectivity index is 2.02. The number of hydrogen-bond acceptors (Lipinski definition) is 1. The molecule has 0 aliphatic carbocycles. The zero-order valence-corrected chi connectivity index (χ0v) is 13.0. The third-order valence-electron chi connectivity index (χ3n) is 2.69. The van der Waals surface area contributed by atoms with E-state index in [1.165, 1.54) is 6.07 Å². The highest BCUT2D eigenvalue weighted by atomic mass is 79.9. The van der Waals surface area contributed by atoms with Crippen molar-refractivity contribution in [2.24, 2.45) is 0 Å². The minimum absolute atomic E-state index is 0.235. The molecule has 2 aromatic rings. The lowest BCUT2D eigenvalue weighted by atomic mass is 10.2. The van der Waals surface area contributed by atoms with Crippen LogP contribution in [0.3, 0.4) is 0 Å². The minimum atomic E-state index is -0.235. The second-order valence-corrected chi connectivity index (χ2v) is 5.77. The molecule has 0 unspecified atom stereocenters. The molecule has 2 rings (SSSR count). The van der Waals surface area contributed by atoms with Crippen LogP contribution in [-0.4, -0.2) is 0 Å². The van der Waals surface area contributed by atoms with Gasteiger partial charge < -0.3 is 5.32 Å². The van der Waals surface area contributed by atoms with Gasteiger partial charge in [-0.1, -0.05) is 45.2 Å². The molecule has 1 N–H and O–H groups in total. The van der Waals surface area contributed by atoms with Crippen molar-refractivity contribution < 1.29 is 4.39 Å². The van der Waals surface area contributed by atoms with Gasteiger partial charge in [-0.15, -0.1) is 0 Å². The van der Waals surface area contributed by atoms with Gasteiger partial charge in [0.25, 0.3) is 0 Å². The van der Waals surface area contributed by atoms with E-state index in [4.69, 9.17) is 23.2 Å². The van der Waals surface area contributed by atoms with Gasteiger partial charge in [-0.05, 0) is 30.3 Å². The third kappa shape index (κ3) is 3.93. The SMILES string of the molecule is Fc1ccc(Br)cc1CNCc1c(Cl)cccc1Cl. The first-order chi connectivity index (χ1) is 9.08. The molecule has 0 atom stereocenters. The van der Waals surface area contributed by atoms with Gasteiger partial charge in [0.2, 0.25) is 0 Å². The number of halogens is 4. The fourth-order valence-corrected chi connectivity index (χ4v) is 2.64. The van der Waals surface area contributed by atoms with E-state index in [2.05, 4.69) is 21.2 Å². The van der Waals surface area contributed by atoms with Crippen molar-refractivity contribution in [2.75, 3.05) is 0 Å². The van der Waals surface area contributed by atoms with Crippen LogP contribution >= 0.6 is 39.1 Å². The Morgan fingerprint density at radius 2 is 1.74 bits per heavy atom. The maximum absolute atomic E-state index is 13.5. The average molecular weight is 363 g/mol. The lowest BCUT2D eigenvalue weighted by Gasteiger charge is -2.09. The molecule has 0 heterocycles. The van der Waals surface area contributed by atoms with Gasteiger partial charge in [-0.25, -0.2) is 4.39 Å². The van der Waals surface area contributed by atoms with Crippen LogP contribution in [0.5, 0.6) is 0 Å². The largest absolute Gasteiger partial charge is 0.308 e. The number of benzene rings is 2. The van der Waals surface area contributed by atoms with Gasteiger partial charge in [0.15, 0.2) is 0 Å². The predicted molar refractivity (Wildman–Crippen MR) is 81.1 cm³/mol. The summed E-state index contributed by atoms with van der Waals surface area (Å²) in [5, 5.41) is 4.35. The molecule has 0 saturated carbocycles. The van der Waals surface area contributed by atoms with Gasteiger partial charge in [0.05, 0.1) is 0 Å². The summed E-state index contributed by atoms with van der Waals surface area (Å²) in [5.74, 6) is -0.235. The fraction of sp³-hybridized carbons (Fsp3) is 0.143. The Kier molecular flexibility index (Phi) is 5.22. The molecule has 1 nitrogen and oxygen atoms in total. The normalized spacial score (nSPS) is 10.7. The van der Waals surface area contributed by atoms with Crippen molar-refractivity contribution in [1.82, 2.24) is 5.32 Å². The standard InChI is InChI=1S/C14H11BrCl2FN/c15-10-4-5-14(18)9(6-10)7-19-8-11-12(16)2-1-3-13(11)17/h1-6,19H,7-8H2. The first-order valence-electron chi connectivity index (χ1n) is 5.65. The number of rotatable bonds is 4. The zero-order valence-electron chi connectivity index (χ0n) is 9.89. The molecule has 0 spiro atoms. The minimum Gasteiger partial charge on any atom is -0.308 e. The first-order valence-corrected chi connectivity index (χ1v) is 7.20. The van der Waals surface area contributed by atoms with Crippen LogP contribution in [0.25, 0.3) is 0 Å². The molecule has 0 fully saturated rings. The quantitative estimate of drug-likeness (QED) is 0.789. The Labute approximate surface area is 129 Å². The Morgan fingerprint density at radius 1 is 1.05 bits per heavy atom. The van der Waals surface area contributed by atoms with E-state index in [0.29, 0.717) is 28.7 Å². The fourth-order valence-electron chi connectivity index (χ4n) is 1.70. The molecule has 2 aromatic carbocycles. The van der Waals surface area contributed by atoms with Gasteiger partial charge >= 0.3 is 0 Å². The summed E-state index contributed by atoms with van der Waals surface area (Å²) in [6.07, 6.45) is 0. The molecule has 0 amide bonds. The maximum Gasteiger partial charge on any atom is 0.127 e. The van der Waals surface area contributed by atoms with Crippen molar-refractivity contribution >= 4 is 39.1 Å². The van der Waals surface area contributed by atoms with Crippen LogP contribution in [0, 0.1) is 5.82 Å². The maximum atomic E-state index is 13.5. The van der Waals surface area contributed by atoms with E-state index in [9.17, 15) is 4.39 Å². The lowest BCUT2D eigenvalue weighted by Crippen LogP contribution is -2.14. The Morgan fingerprint density at radius 3 is 2.42 bits per heavy atom. The van der Waals surface area contributed by atoms with Crippen molar-refractivity contribution in [2.45, 2.75) is 13.1 Å². The Bertz CT molecular complexity index is 569. The highest BCUT2D eigenvalue weighted by Gasteiger charge is 2.06. The van der Waals surface area contributed by atoms with E-state index in [0.717, 1.165) is 10.0 Å². The molecule has 0 saturated heterocycles. The zero-order chi connectivity index (χ0) is 13.8. The van der Waals surface area contributed by atoms with Crippen molar-refractivity contribution in [3.05, 3.63) is 67.9 Å². The van der Waals surface area contributed by atoms with Gasteiger partial charge in [0.1, 0.15) is 5.82 Å². The molecule has 0 aliphatic heterocycles. The summed E-state index contributed by atoms with van der Waals surface area (Å²) >= 11 is 15.4. The van der Waals surface area contributed by atoms with E-state index in [-0.39, 0.29) is 5.82 Å². The highest BCUT2D eigenvalue weighted by molar-refractivity contribution is 9.10. The summed E-state index contributed by atoms with van der Waals surface area (Å²) in [5.41, 5.74) is 1.42. The van der Waals surface area contributed by atoms with E-state index in [1.807, 2.05) is 0 Å². The molecule has 19 heavy (non-hydrogen) atoms. The second-order valence-electron chi connectivity index (χ2n) is 4.04. The smallest absolute Gasteiger partial charge is 0.127 e. The Hall–Kier alpha value is -0.610. The van der Waals surface area contributed by atoms with Gasteiger partial charge in [-0.2, -0.15) is 0 Å². The lowest BCUT2D eigenvalue weighted by molar-refractivity contribution is 0.587. The molecule has 0 bridgehead atoms. The second kappa shape index (κ2) is 6.71. The van der Waals surface area contributed by atoms with Crippen molar-refractivity contribution in [3.63, 3.8) is 0 Å². The first kappa shape index (κ1) is 14.8. The van der Waals surface area contributed by atoms with Crippen LogP contribution in [0.2, 0.25) is 10.0 Å². The molecule has 5 heteroatoms. The molecule has 0 aromatic heterocycles. The molecular weight excluding hydrogens is 352 g/mol. The highest BCUT2D eigenvalue weighted by Crippen LogP contribution is 2.24. The van der Waals surface area contributed by atoms with Crippen LogP contribution in [0.1, 0.15) is 11.1 Å². The van der Waals surface area contributed by atoms with Crippen molar-refractivity contribution in [1.29, 1.82) is 0 Å². The summed E-state index contributed by atoms with van der Waals surface area (Å²) in [7, 11) is 0. The summed E-state index contributed by atoms with van der Waals surface area (Å²) in [6.45, 7) is 0.900. The molecule has 0 aliphatic rings. The average Bonchev–Trinajstić information content (AvgIpc) is 2.37. The van der Waals surface area contributed by atoms with Gasteiger partial charge in [0, 0.05) is 38.7 Å². The molecule has 0 radical (unpaired) electrons. The van der Waals surface area contributed by atoms with E-state index in [1.54, 1.807) is 30.3 Å². The number of hydrogen-bond donors (Lipinski definition) is 1. The van der Waals surface area contributed by atoms with E-state index >= 15 is 0 Å². The van der Waals surface area contributed by atoms with Crippen LogP contribution in [0.15, 0.2) is 40.9 Å². The van der Waals surface area contributed by atoms with Gasteiger partial charge in [-0.3, -0.25) is 0 Å². The van der Waals surface area contributed by atoms with Crippen LogP contribution in [-0.2, 0) is 13.1 Å².